The highest BCUT2D eigenvalue weighted by molar-refractivity contribution is 5.98. The number of pyridine rings is 1. The van der Waals surface area contributed by atoms with Crippen LogP contribution in [0.15, 0.2) is 54.7 Å². The molecule has 0 saturated heterocycles. The Hall–Kier alpha value is -3.60. The largest absolute Gasteiger partial charge is 0.439 e. The standard InChI is InChI=1S/C29H31N3O2/c1-6-20-11-9-13-24-25(20)26(19(5)31-24)29(27-22(28(33)34-29)12-10-16-30-27)23-15-14-21(17-18(23)4)32(7-2)8-3/h9-17,31H,6-8H2,1-5H3. The summed E-state index contributed by atoms with van der Waals surface area (Å²) in [5.74, 6) is -0.335. The number of nitrogens with one attached hydrogen (secondary N) is 1. The summed E-state index contributed by atoms with van der Waals surface area (Å²) in [6.45, 7) is 12.5. The first-order valence-electron chi connectivity index (χ1n) is 12.1. The minimum absolute atomic E-state index is 0.335. The summed E-state index contributed by atoms with van der Waals surface area (Å²) in [6, 6.07) is 16.4. The van der Waals surface area contributed by atoms with Crippen molar-refractivity contribution in [1.29, 1.82) is 0 Å². The number of H-pyrrole nitrogens is 1. The number of aromatic nitrogens is 2. The molecule has 0 radical (unpaired) electrons. The summed E-state index contributed by atoms with van der Waals surface area (Å²) >= 11 is 0. The fourth-order valence-corrected chi connectivity index (χ4v) is 5.59. The van der Waals surface area contributed by atoms with E-state index < -0.39 is 5.60 Å². The van der Waals surface area contributed by atoms with Crippen molar-refractivity contribution in [2.45, 2.75) is 46.6 Å². The minimum Gasteiger partial charge on any atom is -0.439 e. The summed E-state index contributed by atoms with van der Waals surface area (Å²) in [6.07, 6.45) is 2.63. The smallest absolute Gasteiger partial charge is 0.341 e. The summed E-state index contributed by atoms with van der Waals surface area (Å²) < 4.78 is 6.44. The van der Waals surface area contributed by atoms with E-state index in [1.807, 2.05) is 6.07 Å². The molecule has 2 aromatic carbocycles. The van der Waals surface area contributed by atoms with Gasteiger partial charge in [0.15, 0.2) is 0 Å². The van der Waals surface area contributed by atoms with Crippen LogP contribution in [-0.4, -0.2) is 29.0 Å². The molecule has 174 valence electrons. The molecule has 0 saturated carbocycles. The minimum atomic E-state index is -1.12. The van der Waals surface area contributed by atoms with Crippen LogP contribution >= 0.6 is 0 Å². The Labute approximate surface area is 200 Å². The predicted octanol–water partition coefficient (Wildman–Crippen LogP) is 6.05. The zero-order valence-corrected chi connectivity index (χ0v) is 20.5. The molecule has 0 amide bonds. The molecule has 3 heterocycles. The molecule has 34 heavy (non-hydrogen) atoms. The van der Waals surface area contributed by atoms with Gasteiger partial charge < -0.3 is 14.6 Å². The van der Waals surface area contributed by atoms with E-state index in [4.69, 9.17) is 9.72 Å². The Morgan fingerprint density at radius 1 is 1.03 bits per heavy atom. The lowest BCUT2D eigenvalue weighted by atomic mass is 9.78. The van der Waals surface area contributed by atoms with E-state index in [0.29, 0.717) is 11.3 Å². The Morgan fingerprint density at radius 2 is 1.82 bits per heavy atom. The van der Waals surface area contributed by atoms with Crippen LogP contribution in [0.25, 0.3) is 10.9 Å². The van der Waals surface area contributed by atoms with Gasteiger partial charge in [0, 0.05) is 52.7 Å². The van der Waals surface area contributed by atoms with E-state index in [2.05, 4.69) is 80.9 Å². The van der Waals surface area contributed by atoms with E-state index in [1.54, 1.807) is 12.3 Å². The molecule has 5 heteroatoms. The first-order valence-corrected chi connectivity index (χ1v) is 12.1. The summed E-state index contributed by atoms with van der Waals surface area (Å²) in [5, 5.41) is 1.11. The summed E-state index contributed by atoms with van der Waals surface area (Å²) in [4.78, 5) is 23.9. The quantitative estimate of drug-likeness (QED) is 0.361. The highest BCUT2D eigenvalue weighted by Crippen LogP contribution is 2.51. The molecule has 0 spiro atoms. The molecule has 1 N–H and O–H groups in total. The number of fused-ring (bicyclic) bond motifs is 2. The normalized spacial score (nSPS) is 17.1. The molecule has 0 fully saturated rings. The number of ether oxygens (including phenoxy) is 1. The fourth-order valence-electron chi connectivity index (χ4n) is 5.59. The van der Waals surface area contributed by atoms with E-state index in [9.17, 15) is 4.79 Å². The summed E-state index contributed by atoms with van der Waals surface area (Å²) in [5.41, 5.74) is 7.47. The average Bonchev–Trinajstić information content (AvgIpc) is 3.34. The maximum Gasteiger partial charge on any atom is 0.341 e. The first-order chi connectivity index (χ1) is 16.5. The Kier molecular flexibility index (Phi) is 5.43. The zero-order chi connectivity index (χ0) is 24.0. The van der Waals surface area contributed by atoms with Gasteiger partial charge in [0.2, 0.25) is 5.60 Å². The van der Waals surface area contributed by atoms with Gasteiger partial charge in [-0.3, -0.25) is 4.98 Å². The molecule has 1 aliphatic heterocycles. The highest BCUT2D eigenvalue weighted by atomic mass is 16.6. The first kappa shape index (κ1) is 22.2. The van der Waals surface area contributed by atoms with Crippen LogP contribution in [0.3, 0.4) is 0 Å². The molecule has 1 unspecified atom stereocenters. The average molecular weight is 454 g/mol. The number of nitrogens with zero attached hydrogens (tertiary/aromatic N) is 2. The number of hydrogen-bond acceptors (Lipinski definition) is 4. The van der Waals surface area contributed by atoms with Crippen LogP contribution in [0.2, 0.25) is 0 Å². The number of rotatable bonds is 6. The lowest BCUT2D eigenvalue weighted by Crippen LogP contribution is -2.32. The van der Waals surface area contributed by atoms with Crippen LogP contribution in [-0.2, 0) is 16.8 Å². The van der Waals surface area contributed by atoms with Crippen molar-refractivity contribution in [3.63, 3.8) is 0 Å². The second-order valence-electron chi connectivity index (χ2n) is 8.96. The number of hydrogen-bond donors (Lipinski definition) is 1. The van der Waals surface area contributed by atoms with Crippen molar-refractivity contribution in [2.75, 3.05) is 18.0 Å². The Balaban J connectivity index is 1.88. The van der Waals surface area contributed by atoms with Crippen molar-refractivity contribution < 1.29 is 9.53 Å². The van der Waals surface area contributed by atoms with Gasteiger partial charge in [0.1, 0.15) is 5.69 Å². The number of benzene rings is 2. The lowest BCUT2D eigenvalue weighted by Gasteiger charge is -2.32. The van der Waals surface area contributed by atoms with Crippen molar-refractivity contribution in [2.24, 2.45) is 0 Å². The number of anilines is 1. The Bertz CT molecular complexity index is 1400. The summed E-state index contributed by atoms with van der Waals surface area (Å²) in [7, 11) is 0. The van der Waals surface area contributed by atoms with Crippen LogP contribution in [0.4, 0.5) is 5.69 Å². The van der Waals surface area contributed by atoms with Crippen LogP contribution in [0, 0.1) is 13.8 Å². The third kappa shape index (κ3) is 3.07. The molecule has 0 bridgehead atoms. The molecule has 5 nitrogen and oxygen atoms in total. The highest BCUT2D eigenvalue weighted by Gasteiger charge is 2.53. The van der Waals surface area contributed by atoms with Crippen LogP contribution < -0.4 is 4.90 Å². The Morgan fingerprint density at radius 3 is 2.53 bits per heavy atom. The van der Waals surface area contributed by atoms with Crippen molar-refractivity contribution in [3.8, 4) is 0 Å². The van der Waals surface area contributed by atoms with Gasteiger partial charge in [0.05, 0.1) is 5.56 Å². The number of cyclic esters (lactones) is 1. The third-order valence-corrected chi connectivity index (χ3v) is 7.16. The predicted molar refractivity (Wildman–Crippen MR) is 137 cm³/mol. The van der Waals surface area contributed by atoms with E-state index in [1.165, 1.54) is 5.56 Å². The van der Waals surface area contributed by atoms with Crippen molar-refractivity contribution in [1.82, 2.24) is 9.97 Å². The molecule has 5 rings (SSSR count). The van der Waals surface area contributed by atoms with E-state index in [-0.39, 0.29) is 5.97 Å². The maximum atomic E-state index is 13.2. The van der Waals surface area contributed by atoms with Crippen molar-refractivity contribution in [3.05, 3.63) is 93.9 Å². The van der Waals surface area contributed by atoms with Gasteiger partial charge in [-0.05, 0) is 75.6 Å². The molecule has 1 atom stereocenters. The van der Waals surface area contributed by atoms with Gasteiger partial charge in [-0.1, -0.05) is 25.1 Å². The van der Waals surface area contributed by atoms with Gasteiger partial charge in [-0.2, -0.15) is 0 Å². The second-order valence-corrected chi connectivity index (χ2v) is 8.96. The maximum absolute atomic E-state index is 13.2. The number of esters is 1. The molecule has 2 aromatic heterocycles. The van der Waals surface area contributed by atoms with Crippen LogP contribution in [0.1, 0.15) is 64.8 Å². The van der Waals surface area contributed by atoms with Gasteiger partial charge in [-0.25, -0.2) is 4.79 Å². The fraction of sp³-hybridized carbons (Fsp3) is 0.310. The molecule has 1 aliphatic rings. The van der Waals surface area contributed by atoms with E-state index in [0.717, 1.165) is 58.5 Å². The third-order valence-electron chi connectivity index (χ3n) is 7.16. The lowest BCUT2D eigenvalue weighted by molar-refractivity contribution is 0.0244. The SMILES string of the molecule is CCc1cccc2[nH]c(C)c(C3(c4ccc(N(CC)CC)cc4C)OC(=O)c4cccnc43)c12. The number of aromatic amines is 1. The number of carbonyl (C=O) groups is 1. The zero-order valence-electron chi connectivity index (χ0n) is 20.5. The molecule has 4 aromatic rings. The second kappa shape index (κ2) is 8.32. The molecular weight excluding hydrogens is 422 g/mol. The molecular formula is C29H31N3O2. The molecule has 0 aliphatic carbocycles. The van der Waals surface area contributed by atoms with Crippen LogP contribution in [0.5, 0.6) is 0 Å². The van der Waals surface area contributed by atoms with Gasteiger partial charge in [-0.15, -0.1) is 0 Å². The number of aryl methyl sites for hydroxylation is 3. The number of carbonyl (C=O) groups excluding carboxylic acids is 1. The van der Waals surface area contributed by atoms with Gasteiger partial charge >= 0.3 is 5.97 Å². The van der Waals surface area contributed by atoms with Crippen molar-refractivity contribution >= 4 is 22.6 Å². The van der Waals surface area contributed by atoms with E-state index >= 15 is 0 Å². The monoisotopic (exact) mass is 453 g/mol. The topological polar surface area (TPSA) is 58.2 Å². The van der Waals surface area contributed by atoms with Gasteiger partial charge in [0.25, 0.3) is 0 Å².